The molecule has 2 heterocycles. The lowest BCUT2D eigenvalue weighted by Crippen LogP contribution is -2.15. The van der Waals surface area contributed by atoms with Crippen molar-refractivity contribution in [1.82, 2.24) is 9.55 Å². The predicted molar refractivity (Wildman–Crippen MR) is 104 cm³/mol. The van der Waals surface area contributed by atoms with Crippen LogP contribution in [0.25, 0.3) is 5.69 Å². The van der Waals surface area contributed by atoms with Gasteiger partial charge in [0.25, 0.3) is 0 Å². The van der Waals surface area contributed by atoms with E-state index < -0.39 is 5.97 Å². The first kappa shape index (κ1) is 18.9. The zero-order valence-corrected chi connectivity index (χ0v) is 16.1. The summed E-state index contributed by atoms with van der Waals surface area (Å²) in [6.45, 7) is 5.48. The van der Waals surface area contributed by atoms with E-state index in [0.717, 1.165) is 17.1 Å². The second-order valence-electron chi connectivity index (χ2n) is 6.30. The molecule has 0 spiro atoms. The van der Waals surface area contributed by atoms with Crippen LogP contribution in [-0.4, -0.2) is 27.9 Å². The Morgan fingerprint density at radius 3 is 2.44 bits per heavy atom. The number of pyridine rings is 1. The van der Waals surface area contributed by atoms with E-state index in [0.29, 0.717) is 5.56 Å². The third-order valence-electron chi connectivity index (χ3n) is 4.34. The summed E-state index contributed by atoms with van der Waals surface area (Å²) in [4.78, 5) is 28.5. The van der Waals surface area contributed by atoms with E-state index in [1.165, 1.54) is 17.8 Å². The number of rotatable bonds is 5. The molecule has 0 radical (unpaired) electrons. The first-order chi connectivity index (χ1) is 12.9. The minimum Gasteiger partial charge on any atom is -0.454 e. The van der Waals surface area contributed by atoms with Gasteiger partial charge >= 0.3 is 5.97 Å². The Balaban J connectivity index is 1.78. The zero-order valence-electron chi connectivity index (χ0n) is 15.3. The highest BCUT2D eigenvalue weighted by Crippen LogP contribution is 2.22. The first-order valence-corrected chi connectivity index (χ1v) is 8.83. The number of hydrogen-bond donors (Lipinski definition) is 0. The molecule has 0 amide bonds. The molecule has 0 aliphatic rings. The SMILES string of the molecule is Cc1ccc(-n2c(C)cc(C(=O)COC(=O)c3cccnc3Cl)c2C)cc1. The van der Waals surface area contributed by atoms with Gasteiger partial charge in [0, 0.05) is 28.8 Å². The maximum Gasteiger partial charge on any atom is 0.341 e. The van der Waals surface area contributed by atoms with Crippen molar-refractivity contribution in [2.45, 2.75) is 20.8 Å². The van der Waals surface area contributed by atoms with Gasteiger partial charge in [-0.2, -0.15) is 0 Å². The average molecular weight is 383 g/mol. The quantitative estimate of drug-likeness (QED) is 0.370. The van der Waals surface area contributed by atoms with Crippen LogP contribution >= 0.6 is 11.6 Å². The zero-order chi connectivity index (χ0) is 19.6. The fraction of sp³-hybridized carbons (Fsp3) is 0.190. The van der Waals surface area contributed by atoms with Crippen LogP contribution in [0.5, 0.6) is 0 Å². The number of halogens is 1. The Kier molecular flexibility index (Phi) is 5.42. The molecule has 138 valence electrons. The van der Waals surface area contributed by atoms with Crippen molar-refractivity contribution in [2.24, 2.45) is 0 Å². The van der Waals surface area contributed by atoms with Crippen LogP contribution in [0.1, 0.15) is 37.7 Å². The number of carbonyl (C=O) groups excluding carboxylic acids is 2. The monoisotopic (exact) mass is 382 g/mol. The van der Waals surface area contributed by atoms with Gasteiger partial charge in [0.15, 0.2) is 6.61 Å². The van der Waals surface area contributed by atoms with Crippen molar-refractivity contribution in [1.29, 1.82) is 0 Å². The molecule has 2 aromatic heterocycles. The molecule has 1 aromatic carbocycles. The van der Waals surface area contributed by atoms with Gasteiger partial charge < -0.3 is 9.30 Å². The maximum absolute atomic E-state index is 12.6. The van der Waals surface area contributed by atoms with Crippen LogP contribution in [0.2, 0.25) is 5.15 Å². The molecule has 0 unspecified atom stereocenters. The Morgan fingerprint density at radius 1 is 1.07 bits per heavy atom. The molecule has 3 aromatic rings. The third kappa shape index (κ3) is 3.93. The molecule has 0 fully saturated rings. The average Bonchev–Trinajstić information content (AvgIpc) is 2.95. The second kappa shape index (κ2) is 7.76. The van der Waals surface area contributed by atoms with Crippen molar-refractivity contribution < 1.29 is 14.3 Å². The molecule has 3 rings (SSSR count). The molecule has 0 saturated heterocycles. The van der Waals surface area contributed by atoms with Crippen LogP contribution in [0.15, 0.2) is 48.7 Å². The molecule has 5 nitrogen and oxygen atoms in total. The van der Waals surface area contributed by atoms with E-state index in [1.54, 1.807) is 6.07 Å². The molecular formula is C21H19ClN2O3. The normalized spacial score (nSPS) is 10.7. The highest BCUT2D eigenvalue weighted by molar-refractivity contribution is 6.32. The largest absolute Gasteiger partial charge is 0.454 e. The van der Waals surface area contributed by atoms with E-state index >= 15 is 0 Å². The second-order valence-corrected chi connectivity index (χ2v) is 6.65. The molecule has 0 bridgehead atoms. The number of aromatic nitrogens is 2. The van der Waals surface area contributed by atoms with Gasteiger partial charge in [-0.25, -0.2) is 9.78 Å². The molecule has 0 saturated carbocycles. The number of ketones is 1. The fourth-order valence-electron chi connectivity index (χ4n) is 2.96. The van der Waals surface area contributed by atoms with Gasteiger partial charge in [-0.15, -0.1) is 0 Å². The number of hydrogen-bond acceptors (Lipinski definition) is 4. The summed E-state index contributed by atoms with van der Waals surface area (Å²) < 4.78 is 7.13. The van der Waals surface area contributed by atoms with Gasteiger partial charge in [-0.3, -0.25) is 4.79 Å². The fourth-order valence-corrected chi connectivity index (χ4v) is 3.16. The number of carbonyl (C=O) groups is 2. The molecule has 0 N–H and O–H groups in total. The van der Waals surface area contributed by atoms with Gasteiger partial charge in [-0.05, 0) is 51.1 Å². The van der Waals surface area contributed by atoms with Crippen LogP contribution in [0.3, 0.4) is 0 Å². The van der Waals surface area contributed by atoms with Crippen LogP contribution < -0.4 is 0 Å². The van der Waals surface area contributed by atoms with E-state index in [9.17, 15) is 9.59 Å². The topological polar surface area (TPSA) is 61.2 Å². The summed E-state index contributed by atoms with van der Waals surface area (Å²) in [6.07, 6.45) is 1.48. The number of Topliss-reactive ketones (excluding diaryl/α,β-unsaturated/α-hetero) is 1. The van der Waals surface area contributed by atoms with Crippen molar-refractivity contribution >= 4 is 23.4 Å². The van der Waals surface area contributed by atoms with Crippen LogP contribution in [0.4, 0.5) is 0 Å². The van der Waals surface area contributed by atoms with E-state index in [2.05, 4.69) is 4.98 Å². The van der Waals surface area contributed by atoms with Crippen molar-refractivity contribution in [2.75, 3.05) is 6.61 Å². The Labute approximate surface area is 162 Å². The summed E-state index contributed by atoms with van der Waals surface area (Å²) >= 11 is 5.88. The van der Waals surface area contributed by atoms with E-state index in [1.807, 2.05) is 55.7 Å². The summed E-state index contributed by atoms with van der Waals surface area (Å²) in [7, 11) is 0. The van der Waals surface area contributed by atoms with Gasteiger partial charge in [-0.1, -0.05) is 29.3 Å². The van der Waals surface area contributed by atoms with Crippen molar-refractivity contribution in [3.05, 3.63) is 81.9 Å². The number of ether oxygens (including phenoxy) is 1. The minimum absolute atomic E-state index is 0.0486. The maximum atomic E-state index is 12.6. The first-order valence-electron chi connectivity index (χ1n) is 8.45. The van der Waals surface area contributed by atoms with Crippen LogP contribution in [-0.2, 0) is 4.74 Å². The van der Waals surface area contributed by atoms with Gasteiger partial charge in [0.2, 0.25) is 5.78 Å². The van der Waals surface area contributed by atoms with Gasteiger partial charge in [0.1, 0.15) is 5.15 Å². The van der Waals surface area contributed by atoms with E-state index in [-0.39, 0.29) is 23.1 Å². The predicted octanol–water partition coefficient (Wildman–Crippen LogP) is 4.49. The Hall–Kier alpha value is -2.92. The smallest absolute Gasteiger partial charge is 0.341 e. The molecule has 0 aliphatic heterocycles. The molecule has 0 atom stereocenters. The number of aryl methyl sites for hydroxylation is 2. The summed E-state index contributed by atoms with van der Waals surface area (Å²) in [5.41, 5.74) is 4.54. The Bertz CT molecular complexity index is 1010. The van der Waals surface area contributed by atoms with E-state index in [4.69, 9.17) is 16.3 Å². The molecular weight excluding hydrogens is 364 g/mol. The minimum atomic E-state index is -0.672. The summed E-state index contributed by atoms with van der Waals surface area (Å²) in [5.74, 6) is -0.941. The highest BCUT2D eigenvalue weighted by Gasteiger charge is 2.19. The Morgan fingerprint density at radius 2 is 1.78 bits per heavy atom. The number of esters is 1. The van der Waals surface area contributed by atoms with Crippen molar-refractivity contribution in [3.63, 3.8) is 0 Å². The summed E-state index contributed by atoms with van der Waals surface area (Å²) in [6, 6.07) is 13.0. The lowest BCUT2D eigenvalue weighted by atomic mass is 10.1. The van der Waals surface area contributed by atoms with Crippen molar-refractivity contribution in [3.8, 4) is 5.69 Å². The lowest BCUT2D eigenvalue weighted by Gasteiger charge is -2.10. The standard InChI is InChI=1S/C21H19ClN2O3/c1-13-6-8-16(9-7-13)24-14(2)11-18(15(24)3)19(25)12-27-21(26)17-5-4-10-23-20(17)22/h4-11H,12H2,1-3H3. The van der Waals surface area contributed by atoms with Gasteiger partial charge in [0.05, 0.1) is 5.56 Å². The molecule has 6 heteroatoms. The summed E-state index contributed by atoms with van der Waals surface area (Å²) in [5, 5.41) is 0.0486. The highest BCUT2D eigenvalue weighted by atomic mass is 35.5. The van der Waals surface area contributed by atoms with Crippen LogP contribution in [0, 0.1) is 20.8 Å². The third-order valence-corrected chi connectivity index (χ3v) is 4.64. The number of benzene rings is 1. The lowest BCUT2D eigenvalue weighted by molar-refractivity contribution is 0.0474. The number of nitrogens with zero attached hydrogens (tertiary/aromatic N) is 2. The molecule has 0 aliphatic carbocycles. The molecule has 27 heavy (non-hydrogen) atoms.